The second kappa shape index (κ2) is 6.18. The van der Waals surface area contributed by atoms with E-state index < -0.39 is 12.2 Å². The molecule has 6 nitrogen and oxygen atoms in total. The van der Waals surface area contributed by atoms with Gasteiger partial charge in [0, 0.05) is 4.90 Å². The largest absolute Gasteiger partial charge is 0.325 e. The number of nitrogens with one attached hydrogen (secondary N) is 2. The van der Waals surface area contributed by atoms with Gasteiger partial charge in [-0.3, -0.25) is 0 Å². The van der Waals surface area contributed by atoms with Crippen LogP contribution in [0.3, 0.4) is 0 Å². The van der Waals surface area contributed by atoms with Crippen LogP contribution in [0.2, 0.25) is 0 Å². The number of H-pyrrole nitrogens is 1. The zero-order valence-corrected chi connectivity index (χ0v) is 12.7. The number of nitrogens with zero attached hydrogens (tertiary/aromatic N) is 4. The van der Waals surface area contributed by atoms with E-state index in [0.717, 1.165) is 0 Å². The van der Waals surface area contributed by atoms with Crippen molar-refractivity contribution in [1.29, 1.82) is 5.26 Å². The van der Waals surface area contributed by atoms with Gasteiger partial charge in [-0.1, -0.05) is 6.07 Å². The lowest BCUT2D eigenvalue weighted by atomic mass is 10.3. The predicted molar refractivity (Wildman–Crippen MR) is 82.9 cm³/mol. The Balaban J connectivity index is 2.02. The molecule has 9 heteroatoms. The number of aromatic amines is 1. The number of pyridine rings is 2. The van der Waals surface area contributed by atoms with Crippen LogP contribution in [-0.2, 0) is 0 Å². The Morgan fingerprint density at radius 2 is 2.09 bits per heavy atom. The first-order chi connectivity index (χ1) is 11.1. The third-order valence-corrected chi connectivity index (χ3v) is 3.73. The first-order valence-corrected chi connectivity index (χ1v) is 7.70. The predicted octanol–water partition coefficient (Wildman–Crippen LogP) is 3.63. The molecule has 0 aromatic carbocycles. The van der Waals surface area contributed by atoms with Crippen LogP contribution in [0.1, 0.15) is 17.9 Å². The zero-order chi connectivity index (χ0) is 16.4. The van der Waals surface area contributed by atoms with Crippen LogP contribution in [0.15, 0.2) is 29.2 Å². The molecule has 0 aliphatic heterocycles. The lowest BCUT2D eigenvalue weighted by Gasteiger charge is -2.06. The van der Waals surface area contributed by atoms with Gasteiger partial charge in [0.1, 0.15) is 28.9 Å². The third kappa shape index (κ3) is 3.07. The molecule has 3 heterocycles. The molecular formula is C14H10F2N6S. The van der Waals surface area contributed by atoms with Crippen LogP contribution >= 0.6 is 11.8 Å². The Morgan fingerprint density at radius 3 is 2.78 bits per heavy atom. The molecule has 0 fully saturated rings. The fourth-order valence-corrected chi connectivity index (χ4v) is 2.57. The summed E-state index contributed by atoms with van der Waals surface area (Å²) in [5, 5.41) is 11.8. The van der Waals surface area contributed by atoms with E-state index in [4.69, 9.17) is 5.26 Å². The van der Waals surface area contributed by atoms with E-state index >= 15 is 0 Å². The maximum Gasteiger partial charge on any atom is 0.295 e. The van der Waals surface area contributed by atoms with Crippen molar-refractivity contribution in [3.63, 3.8) is 0 Å². The Morgan fingerprint density at radius 1 is 1.26 bits per heavy atom. The monoisotopic (exact) mass is 332 g/mol. The number of aromatic nitrogens is 4. The van der Waals surface area contributed by atoms with Gasteiger partial charge >= 0.3 is 0 Å². The molecule has 0 saturated carbocycles. The van der Waals surface area contributed by atoms with E-state index in [1.807, 2.05) is 12.3 Å². The van der Waals surface area contributed by atoms with Crippen LogP contribution in [-0.4, -0.2) is 26.2 Å². The van der Waals surface area contributed by atoms with Gasteiger partial charge in [-0.15, -0.1) is 11.8 Å². The topological polar surface area (TPSA) is 90.3 Å². The van der Waals surface area contributed by atoms with Gasteiger partial charge in [-0.2, -0.15) is 5.26 Å². The van der Waals surface area contributed by atoms with Crippen LogP contribution in [0.25, 0.3) is 11.2 Å². The van der Waals surface area contributed by atoms with Crippen molar-refractivity contribution >= 4 is 34.6 Å². The average Bonchev–Trinajstić information content (AvgIpc) is 2.98. The van der Waals surface area contributed by atoms with Crippen molar-refractivity contribution < 1.29 is 8.78 Å². The maximum atomic E-state index is 12.8. The highest BCUT2D eigenvalue weighted by Crippen LogP contribution is 2.29. The lowest BCUT2D eigenvalue weighted by Crippen LogP contribution is -1.98. The van der Waals surface area contributed by atoms with E-state index in [0.29, 0.717) is 22.0 Å². The van der Waals surface area contributed by atoms with Gasteiger partial charge in [-0.25, -0.2) is 23.7 Å². The number of imidazole rings is 1. The van der Waals surface area contributed by atoms with Crippen molar-refractivity contribution in [1.82, 2.24) is 19.9 Å². The van der Waals surface area contributed by atoms with Crippen molar-refractivity contribution in [2.75, 3.05) is 11.6 Å². The second-order valence-corrected chi connectivity index (χ2v) is 5.32. The minimum absolute atomic E-state index is 0.266. The minimum Gasteiger partial charge on any atom is -0.325 e. The molecule has 3 rings (SSSR count). The molecule has 0 unspecified atom stereocenters. The van der Waals surface area contributed by atoms with Crippen LogP contribution in [0.4, 0.5) is 20.4 Å². The van der Waals surface area contributed by atoms with Crippen LogP contribution in [0.5, 0.6) is 0 Å². The number of halogens is 2. The van der Waals surface area contributed by atoms with Crippen molar-refractivity contribution in [2.45, 2.75) is 11.3 Å². The average molecular weight is 332 g/mol. The molecule has 23 heavy (non-hydrogen) atoms. The summed E-state index contributed by atoms with van der Waals surface area (Å²) < 4.78 is 25.6. The normalized spacial score (nSPS) is 10.9. The van der Waals surface area contributed by atoms with Gasteiger partial charge in [0.2, 0.25) is 0 Å². The highest BCUT2D eigenvalue weighted by atomic mass is 32.2. The molecule has 0 bridgehead atoms. The van der Waals surface area contributed by atoms with Gasteiger partial charge in [0.15, 0.2) is 11.5 Å². The highest BCUT2D eigenvalue weighted by molar-refractivity contribution is 7.98. The molecule has 3 aromatic rings. The summed E-state index contributed by atoms with van der Waals surface area (Å²) in [7, 11) is 0. The fraction of sp³-hybridized carbons (Fsp3) is 0.143. The number of rotatable bonds is 4. The first-order valence-electron chi connectivity index (χ1n) is 6.47. The van der Waals surface area contributed by atoms with Crippen molar-refractivity contribution in [3.8, 4) is 6.07 Å². The van der Waals surface area contributed by atoms with E-state index in [1.165, 1.54) is 11.8 Å². The Labute approximate surface area is 134 Å². The SMILES string of the molecule is CSc1cc(Nc2cccc(C#N)n2)nc2[nH]c(C(F)F)nc12. The molecule has 0 aliphatic carbocycles. The molecule has 3 aromatic heterocycles. The molecule has 116 valence electrons. The molecule has 0 amide bonds. The van der Waals surface area contributed by atoms with Crippen molar-refractivity contribution in [2.24, 2.45) is 0 Å². The fourth-order valence-electron chi connectivity index (χ4n) is 2.00. The number of nitriles is 1. The van der Waals surface area contributed by atoms with Gasteiger partial charge in [0.25, 0.3) is 6.43 Å². The second-order valence-electron chi connectivity index (χ2n) is 4.47. The number of thioether (sulfide) groups is 1. The van der Waals surface area contributed by atoms with E-state index in [1.54, 1.807) is 24.3 Å². The van der Waals surface area contributed by atoms with Crippen molar-refractivity contribution in [3.05, 3.63) is 35.8 Å². The molecular weight excluding hydrogens is 322 g/mol. The van der Waals surface area contributed by atoms with E-state index in [-0.39, 0.29) is 11.3 Å². The lowest BCUT2D eigenvalue weighted by molar-refractivity contribution is 0.142. The molecule has 0 saturated heterocycles. The summed E-state index contributed by atoms with van der Waals surface area (Å²) in [5.41, 5.74) is 0.936. The first kappa shape index (κ1) is 15.2. The number of fused-ring (bicyclic) bond motifs is 1. The van der Waals surface area contributed by atoms with E-state index in [9.17, 15) is 8.78 Å². The minimum atomic E-state index is -2.69. The van der Waals surface area contributed by atoms with Crippen LogP contribution in [0, 0.1) is 11.3 Å². The summed E-state index contributed by atoms with van der Waals surface area (Å²) >= 11 is 1.38. The summed E-state index contributed by atoms with van der Waals surface area (Å²) in [4.78, 5) is 15.4. The Kier molecular flexibility index (Phi) is 4.08. The molecule has 0 atom stereocenters. The highest BCUT2D eigenvalue weighted by Gasteiger charge is 2.16. The summed E-state index contributed by atoms with van der Waals surface area (Å²) in [6.07, 6.45) is -0.867. The number of hydrogen-bond donors (Lipinski definition) is 2. The zero-order valence-electron chi connectivity index (χ0n) is 11.8. The van der Waals surface area contributed by atoms with E-state index in [2.05, 4.69) is 25.3 Å². The standard InChI is InChI=1S/C14H10F2N6S/c1-23-8-5-10(19-9-4-2-3-7(6-17)18-9)20-13-11(8)21-14(22-13)12(15)16/h2-5,12H,1H3,(H2,18,19,20,21,22). The number of anilines is 2. The summed E-state index contributed by atoms with van der Waals surface area (Å²) in [5.74, 6) is 0.454. The quantitative estimate of drug-likeness (QED) is 0.709. The number of alkyl halides is 2. The summed E-state index contributed by atoms with van der Waals surface area (Å²) in [6.45, 7) is 0. The van der Waals surface area contributed by atoms with Crippen LogP contribution < -0.4 is 5.32 Å². The smallest absolute Gasteiger partial charge is 0.295 e. The molecule has 2 N–H and O–H groups in total. The summed E-state index contributed by atoms with van der Waals surface area (Å²) in [6, 6.07) is 8.60. The molecule has 0 spiro atoms. The third-order valence-electron chi connectivity index (χ3n) is 2.98. The van der Waals surface area contributed by atoms with Gasteiger partial charge < -0.3 is 10.3 Å². The molecule has 0 radical (unpaired) electrons. The Hall–Kier alpha value is -2.73. The maximum absolute atomic E-state index is 12.8. The van der Waals surface area contributed by atoms with Gasteiger partial charge in [-0.05, 0) is 24.5 Å². The molecule has 0 aliphatic rings. The number of hydrogen-bond acceptors (Lipinski definition) is 6. The Bertz CT molecular complexity index is 902. The van der Waals surface area contributed by atoms with Gasteiger partial charge in [0.05, 0.1) is 0 Å².